The van der Waals surface area contributed by atoms with Crippen LogP contribution < -0.4 is 10.6 Å². The zero-order chi connectivity index (χ0) is 21.1. The molecule has 0 aliphatic rings. The standard InChI is InChI=1S/C22H19FN4O3/c1-27-17-5-2-4-16(23)20(17)26-19(27)11-12-24-21(28)14-7-9-15(10-8-14)25-22(29)18-6-3-13-30-18/h2-10,13H,11-12H2,1H3,(H,24,28)(H,25,29). The van der Waals surface area contributed by atoms with Crippen molar-refractivity contribution in [3.8, 4) is 0 Å². The van der Waals surface area contributed by atoms with Crippen LogP contribution in [0.4, 0.5) is 10.1 Å². The Morgan fingerprint density at radius 3 is 2.57 bits per heavy atom. The lowest BCUT2D eigenvalue weighted by molar-refractivity contribution is 0.0953. The topological polar surface area (TPSA) is 89.2 Å². The fourth-order valence-electron chi connectivity index (χ4n) is 3.15. The summed E-state index contributed by atoms with van der Waals surface area (Å²) < 4.78 is 20.7. The molecule has 2 amide bonds. The summed E-state index contributed by atoms with van der Waals surface area (Å²) in [6.07, 6.45) is 1.89. The maximum atomic E-state index is 13.9. The van der Waals surface area contributed by atoms with Crippen molar-refractivity contribution < 1.29 is 18.4 Å². The van der Waals surface area contributed by atoms with Crippen LogP contribution in [0.1, 0.15) is 26.7 Å². The van der Waals surface area contributed by atoms with E-state index >= 15 is 0 Å². The number of hydrogen-bond acceptors (Lipinski definition) is 4. The zero-order valence-corrected chi connectivity index (χ0v) is 16.2. The summed E-state index contributed by atoms with van der Waals surface area (Å²) in [5, 5.41) is 5.52. The molecule has 0 bridgehead atoms. The van der Waals surface area contributed by atoms with E-state index in [2.05, 4.69) is 15.6 Å². The maximum Gasteiger partial charge on any atom is 0.291 e. The monoisotopic (exact) mass is 406 g/mol. The molecular weight excluding hydrogens is 387 g/mol. The molecule has 2 N–H and O–H groups in total. The number of para-hydroxylation sites is 1. The van der Waals surface area contributed by atoms with Crippen LogP contribution in [0.15, 0.2) is 65.3 Å². The van der Waals surface area contributed by atoms with Gasteiger partial charge >= 0.3 is 0 Å². The van der Waals surface area contributed by atoms with Gasteiger partial charge in [0.1, 0.15) is 11.3 Å². The van der Waals surface area contributed by atoms with Crippen LogP contribution in [-0.4, -0.2) is 27.9 Å². The number of nitrogens with one attached hydrogen (secondary N) is 2. The van der Waals surface area contributed by atoms with Gasteiger partial charge in [0, 0.05) is 31.3 Å². The number of furan rings is 1. The number of rotatable bonds is 6. The fourth-order valence-corrected chi connectivity index (χ4v) is 3.15. The normalized spacial score (nSPS) is 10.9. The van der Waals surface area contributed by atoms with E-state index in [9.17, 15) is 14.0 Å². The molecule has 2 aromatic carbocycles. The van der Waals surface area contributed by atoms with Crippen LogP contribution in [0.2, 0.25) is 0 Å². The summed E-state index contributed by atoms with van der Waals surface area (Å²) in [5.74, 6) is -0.0809. The number of aryl methyl sites for hydroxylation is 1. The molecule has 2 aromatic heterocycles. The Kier molecular flexibility index (Phi) is 5.30. The lowest BCUT2D eigenvalue weighted by atomic mass is 10.2. The Morgan fingerprint density at radius 2 is 1.87 bits per heavy atom. The third kappa shape index (κ3) is 3.93. The highest BCUT2D eigenvalue weighted by Crippen LogP contribution is 2.18. The third-order valence-electron chi connectivity index (χ3n) is 4.74. The summed E-state index contributed by atoms with van der Waals surface area (Å²) in [6.45, 7) is 0.356. The van der Waals surface area contributed by atoms with Gasteiger partial charge in [-0.25, -0.2) is 9.37 Å². The number of benzene rings is 2. The van der Waals surface area contributed by atoms with Crippen molar-refractivity contribution in [1.82, 2.24) is 14.9 Å². The van der Waals surface area contributed by atoms with E-state index < -0.39 is 0 Å². The molecule has 0 spiro atoms. The Bertz CT molecular complexity index is 1200. The Hall–Kier alpha value is -3.94. The first-order valence-electron chi connectivity index (χ1n) is 9.36. The molecule has 152 valence electrons. The van der Waals surface area contributed by atoms with Crippen molar-refractivity contribution in [2.24, 2.45) is 7.05 Å². The van der Waals surface area contributed by atoms with Crippen molar-refractivity contribution in [3.63, 3.8) is 0 Å². The van der Waals surface area contributed by atoms with Crippen LogP contribution in [0.3, 0.4) is 0 Å². The van der Waals surface area contributed by atoms with Gasteiger partial charge in [-0.05, 0) is 48.5 Å². The van der Waals surface area contributed by atoms with E-state index in [1.165, 1.54) is 12.3 Å². The van der Waals surface area contributed by atoms with Crippen LogP contribution in [0, 0.1) is 5.82 Å². The van der Waals surface area contributed by atoms with E-state index in [0.29, 0.717) is 41.1 Å². The lowest BCUT2D eigenvalue weighted by Crippen LogP contribution is -2.26. The molecule has 0 saturated carbocycles. The molecule has 0 aliphatic heterocycles. The van der Waals surface area contributed by atoms with E-state index in [4.69, 9.17) is 4.42 Å². The molecule has 30 heavy (non-hydrogen) atoms. The molecule has 2 heterocycles. The van der Waals surface area contributed by atoms with Gasteiger partial charge < -0.3 is 19.6 Å². The molecule has 7 nitrogen and oxygen atoms in total. The number of carbonyl (C=O) groups is 2. The van der Waals surface area contributed by atoms with Crippen LogP contribution >= 0.6 is 0 Å². The Balaban J connectivity index is 1.34. The summed E-state index contributed by atoms with van der Waals surface area (Å²) in [6, 6.07) is 14.6. The van der Waals surface area contributed by atoms with Gasteiger partial charge in [0.15, 0.2) is 11.6 Å². The average molecular weight is 406 g/mol. The van der Waals surface area contributed by atoms with E-state index in [1.54, 1.807) is 48.5 Å². The average Bonchev–Trinajstić information content (AvgIpc) is 3.39. The number of carbonyl (C=O) groups excluding carboxylic acids is 2. The largest absolute Gasteiger partial charge is 0.459 e. The van der Waals surface area contributed by atoms with Crippen molar-refractivity contribution in [3.05, 3.63) is 83.8 Å². The van der Waals surface area contributed by atoms with Gasteiger partial charge in [0.2, 0.25) is 0 Å². The van der Waals surface area contributed by atoms with E-state index in [0.717, 1.165) is 0 Å². The van der Waals surface area contributed by atoms with Gasteiger partial charge in [0.25, 0.3) is 11.8 Å². The summed E-state index contributed by atoms with van der Waals surface area (Å²) in [5.41, 5.74) is 2.05. The number of fused-ring (bicyclic) bond motifs is 1. The van der Waals surface area contributed by atoms with Crippen molar-refractivity contribution in [2.75, 3.05) is 11.9 Å². The number of nitrogens with zero attached hydrogens (tertiary/aromatic N) is 2. The van der Waals surface area contributed by atoms with Gasteiger partial charge in [-0.2, -0.15) is 0 Å². The van der Waals surface area contributed by atoms with Crippen LogP contribution in [0.25, 0.3) is 11.0 Å². The van der Waals surface area contributed by atoms with Gasteiger partial charge in [-0.1, -0.05) is 6.07 Å². The first-order chi connectivity index (χ1) is 14.5. The Morgan fingerprint density at radius 1 is 1.07 bits per heavy atom. The summed E-state index contributed by atoms with van der Waals surface area (Å²) in [4.78, 5) is 28.7. The number of hydrogen-bond donors (Lipinski definition) is 2. The van der Waals surface area contributed by atoms with Crippen molar-refractivity contribution in [2.45, 2.75) is 6.42 Å². The minimum Gasteiger partial charge on any atom is -0.459 e. The predicted molar refractivity (Wildman–Crippen MR) is 110 cm³/mol. The first kappa shape index (κ1) is 19.4. The molecule has 0 unspecified atom stereocenters. The zero-order valence-electron chi connectivity index (χ0n) is 16.2. The van der Waals surface area contributed by atoms with Crippen molar-refractivity contribution >= 4 is 28.5 Å². The molecule has 0 radical (unpaired) electrons. The number of aromatic nitrogens is 2. The quantitative estimate of drug-likeness (QED) is 0.513. The molecule has 8 heteroatoms. The molecular formula is C22H19FN4O3. The van der Waals surface area contributed by atoms with Crippen LogP contribution in [0.5, 0.6) is 0 Å². The smallest absolute Gasteiger partial charge is 0.291 e. The van der Waals surface area contributed by atoms with Gasteiger partial charge in [0.05, 0.1) is 11.8 Å². The number of imidazole rings is 1. The number of amides is 2. The third-order valence-corrected chi connectivity index (χ3v) is 4.74. The minimum absolute atomic E-state index is 0.207. The molecule has 0 atom stereocenters. The number of anilines is 1. The Labute approximate surface area is 171 Å². The predicted octanol–water partition coefficient (Wildman–Crippen LogP) is 3.53. The second-order valence-electron chi connectivity index (χ2n) is 6.71. The second-order valence-corrected chi connectivity index (χ2v) is 6.71. The maximum absolute atomic E-state index is 13.9. The molecule has 0 aliphatic carbocycles. The summed E-state index contributed by atoms with van der Waals surface area (Å²) >= 11 is 0. The van der Waals surface area contributed by atoms with E-state index in [-0.39, 0.29) is 23.4 Å². The molecule has 0 fully saturated rings. The van der Waals surface area contributed by atoms with Gasteiger partial charge in [-0.3, -0.25) is 9.59 Å². The number of halogens is 1. The fraction of sp³-hybridized carbons (Fsp3) is 0.136. The molecule has 0 saturated heterocycles. The summed E-state index contributed by atoms with van der Waals surface area (Å²) in [7, 11) is 1.82. The molecule has 4 rings (SSSR count). The SMILES string of the molecule is Cn1c(CCNC(=O)c2ccc(NC(=O)c3ccco3)cc2)nc2c(F)cccc21. The highest BCUT2D eigenvalue weighted by molar-refractivity contribution is 6.02. The lowest BCUT2D eigenvalue weighted by Gasteiger charge is -2.07. The molecule has 4 aromatic rings. The van der Waals surface area contributed by atoms with Crippen molar-refractivity contribution in [1.29, 1.82) is 0 Å². The van der Waals surface area contributed by atoms with Crippen LogP contribution in [-0.2, 0) is 13.5 Å². The van der Waals surface area contributed by atoms with E-state index in [1.807, 2.05) is 11.6 Å². The van der Waals surface area contributed by atoms with Gasteiger partial charge in [-0.15, -0.1) is 0 Å². The second kappa shape index (κ2) is 8.20. The highest BCUT2D eigenvalue weighted by Gasteiger charge is 2.12. The highest BCUT2D eigenvalue weighted by atomic mass is 19.1. The first-order valence-corrected chi connectivity index (χ1v) is 9.36. The minimum atomic E-state index is -0.365.